The fourth-order valence-electron chi connectivity index (χ4n) is 2.41. The third kappa shape index (κ3) is 2.61. The molecule has 2 aromatic carbocycles. The maximum atomic E-state index is 3.49. The Hall–Kier alpha value is -1.64. The zero-order valence-electron chi connectivity index (χ0n) is 10.4. The first-order chi connectivity index (χ1) is 8.92. The van der Waals surface area contributed by atoms with Crippen molar-refractivity contribution in [2.45, 2.75) is 26.2 Å². The van der Waals surface area contributed by atoms with Gasteiger partial charge in [0.05, 0.1) is 0 Å². The molecule has 2 heteroatoms. The van der Waals surface area contributed by atoms with Gasteiger partial charge in [-0.25, -0.2) is 0 Å². The molecule has 92 valence electrons. The van der Waals surface area contributed by atoms with Crippen molar-refractivity contribution < 1.29 is 0 Å². The van der Waals surface area contributed by atoms with Crippen LogP contribution in [0.3, 0.4) is 0 Å². The monoisotopic (exact) mass is 238 g/mol. The van der Waals surface area contributed by atoms with Crippen molar-refractivity contribution in [3.63, 3.8) is 0 Å². The summed E-state index contributed by atoms with van der Waals surface area (Å²) in [5, 5.41) is 6.87. The van der Waals surface area contributed by atoms with E-state index in [1.165, 1.54) is 22.3 Å². The predicted octanol–water partition coefficient (Wildman–Crippen LogP) is 2.58. The molecule has 0 saturated heterocycles. The van der Waals surface area contributed by atoms with Gasteiger partial charge in [-0.3, -0.25) is 0 Å². The van der Waals surface area contributed by atoms with Crippen LogP contribution in [0, 0.1) is 0 Å². The first-order valence-corrected chi connectivity index (χ1v) is 6.48. The molecule has 0 radical (unpaired) electrons. The number of hydrogen-bond acceptors (Lipinski definition) is 2. The van der Waals surface area contributed by atoms with Crippen molar-refractivity contribution in [3.05, 3.63) is 70.8 Å². The molecule has 0 saturated carbocycles. The Morgan fingerprint density at radius 2 is 1.61 bits per heavy atom. The van der Waals surface area contributed by atoms with Gasteiger partial charge in [0.15, 0.2) is 0 Å². The Morgan fingerprint density at radius 3 is 2.50 bits per heavy atom. The number of benzene rings is 2. The third-order valence-corrected chi connectivity index (χ3v) is 3.40. The topological polar surface area (TPSA) is 24.1 Å². The quantitative estimate of drug-likeness (QED) is 0.855. The van der Waals surface area contributed by atoms with E-state index in [9.17, 15) is 0 Å². The summed E-state index contributed by atoms with van der Waals surface area (Å²) in [6, 6.07) is 17.3. The maximum Gasteiger partial charge on any atom is 0.0212 e. The van der Waals surface area contributed by atoms with Crippen LogP contribution in [0.25, 0.3) is 0 Å². The largest absolute Gasteiger partial charge is 0.309 e. The fourth-order valence-corrected chi connectivity index (χ4v) is 2.41. The molecule has 1 aliphatic heterocycles. The highest BCUT2D eigenvalue weighted by Crippen LogP contribution is 2.16. The predicted molar refractivity (Wildman–Crippen MR) is 74.0 cm³/mol. The van der Waals surface area contributed by atoms with Gasteiger partial charge >= 0.3 is 0 Å². The minimum atomic E-state index is 0.927. The molecule has 2 aromatic rings. The average molecular weight is 238 g/mol. The van der Waals surface area contributed by atoms with E-state index >= 15 is 0 Å². The van der Waals surface area contributed by atoms with E-state index in [1.54, 1.807) is 0 Å². The Bertz CT molecular complexity index is 520. The Kier molecular flexibility index (Phi) is 3.40. The molecule has 0 spiro atoms. The number of nitrogens with one attached hydrogen (secondary N) is 2. The van der Waals surface area contributed by atoms with Gasteiger partial charge in [-0.2, -0.15) is 0 Å². The van der Waals surface area contributed by atoms with Crippen molar-refractivity contribution >= 4 is 0 Å². The van der Waals surface area contributed by atoms with Crippen LogP contribution in [0.2, 0.25) is 0 Å². The van der Waals surface area contributed by atoms with E-state index in [4.69, 9.17) is 0 Å². The standard InChI is InChI=1S/C16H18N2/c1-2-4-13(5-3-1)9-17-10-14-6-7-15-11-18-12-16(15)8-14/h1-8,17-18H,9-12H2. The molecule has 3 rings (SSSR count). The lowest BCUT2D eigenvalue weighted by Gasteiger charge is -2.07. The molecule has 18 heavy (non-hydrogen) atoms. The lowest BCUT2D eigenvalue weighted by molar-refractivity contribution is 0.692. The second-order valence-electron chi connectivity index (χ2n) is 4.80. The smallest absolute Gasteiger partial charge is 0.0212 e. The van der Waals surface area contributed by atoms with Crippen LogP contribution in [0.15, 0.2) is 48.5 Å². The van der Waals surface area contributed by atoms with Crippen LogP contribution in [0.1, 0.15) is 22.3 Å². The second-order valence-corrected chi connectivity index (χ2v) is 4.80. The van der Waals surface area contributed by atoms with Gasteiger partial charge < -0.3 is 10.6 Å². The summed E-state index contributed by atoms with van der Waals surface area (Å²) in [4.78, 5) is 0. The molecule has 0 atom stereocenters. The highest BCUT2D eigenvalue weighted by atomic mass is 14.9. The number of fused-ring (bicyclic) bond motifs is 1. The van der Waals surface area contributed by atoms with E-state index in [0.29, 0.717) is 0 Å². The van der Waals surface area contributed by atoms with Crippen molar-refractivity contribution in [2.75, 3.05) is 0 Å². The minimum Gasteiger partial charge on any atom is -0.309 e. The first kappa shape index (κ1) is 11.5. The molecule has 1 heterocycles. The van der Waals surface area contributed by atoms with Crippen LogP contribution in [-0.2, 0) is 26.2 Å². The van der Waals surface area contributed by atoms with E-state index < -0.39 is 0 Å². The van der Waals surface area contributed by atoms with Gasteiger partial charge in [0.2, 0.25) is 0 Å². The maximum absolute atomic E-state index is 3.49. The number of rotatable bonds is 4. The number of hydrogen-bond donors (Lipinski definition) is 2. The Labute approximate surface area is 108 Å². The molecule has 0 aromatic heterocycles. The molecule has 2 nitrogen and oxygen atoms in total. The molecule has 0 aliphatic carbocycles. The van der Waals surface area contributed by atoms with E-state index in [2.05, 4.69) is 59.2 Å². The summed E-state index contributed by atoms with van der Waals surface area (Å²) < 4.78 is 0. The van der Waals surface area contributed by atoms with Crippen LogP contribution < -0.4 is 10.6 Å². The van der Waals surface area contributed by atoms with Crippen LogP contribution in [-0.4, -0.2) is 0 Å². The normalized spacial score (nSPS) is 13.6. The molecular weight excluding hydrogens is 220 g/mol. The van der Waals surface area contributed by atoms with Crippen LogP contribution in [0.5, 0.6) is 0 Å². The molecule has 2 N–H and O–H groups in total. The van der Waals surface area contributed by atoms with Gasteiger partial charge in [0.25, 0.3) is 0 Å². The van der Waals surface area contributed by atoms with Gasteiger partial charge in [-0.05, 0) is 22.3 Å². The highest BCUT2D eigenvalue weighted by Gasteiger charge is 2.09. The summed E-state index contributed by atoms with van der Waals surface area (Å²) in [5.74, 6) is 0. The molecule has 0 bridgehead atoms. The van der Waals surface area contributed by atoms with Gasteiger partial charge in [-0.15, -0.1) is 0 Å². The zero-order chi connectivity index (χ0) is 12.2. The minimum absolute atomic E-state index is 0.927. The lowest BCUT2D eigenvalue weighted by Crippen LogP contribution is -2.12. The Morgan fingerprint density at radius 1 is 0.833 bits per heavy atom. The summed E-state index contributed by atoms with van der Waals surface area (Å²) >= 11 is 0. The second kappa shape index (κ2) is 5.34. The van der Waals surface area contributed by atoms with Crippen molar-refractivity contribution in [3.8, 4) is 0 Å². The summed E-state index contributed by atoms with van der Waals surface area (Å²) in [5.41, 5.74) is 5.60. The molecular formula is C16H18N2. The Balaban J connectivity index is 1.57. The van der Waals surface area contributed by atoms with Gasteiger partial charge in [-0.1, -0.05) is 48.5 Å². The highest BCUT2D eigenvalue weighted by molar-refractivity contribution is 5.34. The van der Waals surface area contributed by atoms with Gasteiger partial charge in [0, 0.05) is 26.2 Å². The van der Waals surface area contributed by atoms with Crippen LogP contribution >= 0.6 is 0 Å². The first-order valence-electron chi connectivity index (χ1n) is 6.48. The SMILES string of the molecule is c1ccc(CNCc2ccc3c(c2)CNC3)cc1. The average Bonchev–Trinajstić information content (AvgIpc) is 2.87. The van der Waals surface area contributed by atoms with Crippen molar-refractivity contribution in [1.82, 2.24) is 10.6 Å². The van der Waals surface area contributed by atoms with E-state index in [1.807, 2.05) is 0 Å². The molecule has 0 unspecified atom stereocenters. The van der Waals surface area contributed by atoms with Gasteiger partial charge in [0.1, 0.15) is 0 Å². The van der Waals surface area contributed by atoms with E-state index in [0.717, 1.165) is 26.2 Å². The fraction of sp³-hybridized carbons (Fsp3) is 0.250. The lowest BCUT2D eigenvalue weighted by atomic mass is 10.1. The van der Waals surface area contributed by atoms with Crippen molar-refractivity contribution in [2.24, 2.45) is 0 Å². The van der Waals surface area contributed by atoms with Crippen molar-refractivity contribution in [1.29, 1.82) is 0 Å². The summed E-state index contributed by atoms with van der Waals surface area (Å²) in [6.07, 6.45) is 0. The summed E-state index contributed by atoms with van der Waals surface area (Å²) in [6.45, 7) is 3.90. The summed E-state index contributed by atoms with van der Waals surface area (Å²) in [7, 11) is 0. The third-order valence-electron chi connectivity index (χ3n) is 3.40. The van der Waals surface area contributed by atoms with E-state index in [-0.39, 0.29) is 0 Å². The molecule has 0 amide bonds. The zero-order valence-corrected chi connectivity index (χ0v) is 10.4. The van der Waals surface area contributed by atoms with Crippen LogP contribution in [0.4, 0.5) is 0 Å². The molecule has 0 fully saturated rings. The molecule has 1 aliphatic rings.